The topological polar surface area (TPSA) is 70.5 Å². The largest absolute Gasteiger partial charge is 0.481 e. The van der Waals surface area contributed by atoms with Crippen molar-refractivity contribution in [2.75, 3.05) is 7.05 Å². The molecule has 5 heteroatoms. The first-order valence-electron chi connectivity index (χ1n) is 5.24. The normalized spacial score (nSPS) is 11.0. The molecule has 1 amide bonds. The van der Waals surface area contributed by atoms with Crippen molar-refractivity contribution in [2.45, 2.75) is 25.8 Å². The summed E-state index contributed by atoms with van der Waals surface area (Å²) >= 11 is 0. The first-order chi connectivity index (χ1) is 7.84. The summed E-state index contributed by atoms with van der Waals surface area (Å²) in [4.78, 5) is 28.1. The zero-order chi connectivity index (χ0) is 13.1. The van der Waals surface area contributed by atoms with E-state index in [-0.39, 0.29) is 12.3 Å². The molecule has 17 heavy (non-hydrogen) atoms. The van der Waals surface area contributed by atoms with E-state index in [2.05, 4.69) is 4.98 Å². The molecule has 0 aliphatic carbocycles. The highest BCUT2D eigenvalue weighted by Crippen LogP contribution is 2.19. The van der Waals surface area contributed by atoms with E-state index < -0.39 is 11.5 Å². The summed E-state index contributed by atoms with van der Waals surface area (Å²) < 4.78 is 0. The second-order valence-corrected chi connectivity index (χ2v) is 4.48. The minimum atomic E-state index is -0.927. The number of carbonyl (C=O) groups excluding carboxylic acids is 1. The summed E-state index contributed by atoms with van der Waals surface area (Å²) in [7, 11) is 1.60. The fourth-order valence-corrected chi connectivity index (χ4v) is 1.45. The average Bonchev–Trinajstić information content (AvgIpc) is 2.26. The van der Waals surface area contributed by atoms with Crippen LogP contribution in [0.2, 0.25) is 0 Å². The number of aliphatic carboxylic acids is 1. The van der Waals surface area contributed by atoms with Crippen molar-refractivity contribution in [3.63, 3.8) is 0 Å². The highest BCUT2D eigenvalue weighted by Gasteiger charge is 2.30. The van der Waals surface area contributed by atoms with Gasteiger partial charge in [0.2, 0.25) is 0 Å². The predicted molar refractivity (Wildman–Crippen MR) is 62.7 cm³/mol. The first kappa shape index (κ1) is 13.2. The molecule has 92 valence electrons. The third-order valence-corrected chi connectivity index (χ3v) is 2.72. The zero-order valence-electron chi connectivity index (χ0n) is 10.2. The van der Waals surface area contributed by atoms with Gasteiger partial charge in [0.05, 0.1) is 6.42 Å². The molecule has 1 rings (SSSR count). The fraction of sp³-hybridized carbons (Fsp3) is 0.417. The van der Waals surface area contributed by atoms with Gasteiger partial charge < -0.3 is 10.0 Å². The molecule has 0 atom stereocenters. The lowest BCUT2D eigenvalue weighted by atomic mass is 9.98. The van der Waals surface area contributed by atoms with Gasteiger partial charge in [-0.1, -0.05) is 0 Å². The quantitative estimate of drug-likeness (QED) is 0.858. The molecule has 1 aromatic heterocycles. The van der Waals surface area contributed by atoms with Gasteiger partial charge in [-0.3, -0.25) is 14.6 Å². The van der Waals surface area contributed by atoms with Crippen LogP contribution in [0.4, 0.5) is 0 Å². The summed E-state index contributed by atoms with van der Waals surface area (Å²) in [6.45, 7) is 3.44. The van der Waals surface area contributed by atoms with Crippen LogP contribution in [0.25, 0.3) is 0 Å². The summed E-state index contributed by atoms with van der Waals surface area (Å²) in [5, 5.41) is 8.80. The van der Waals surface area contributed by atoms with Gasteiger partial charge in [0, 0.05) is 30.5 Å². The van der Waals surface area contributed by atoms with Crippen molar-refractivity contribution in [3.8, 4) is 0 Å². The summed E-state index contributed by atoms with van der Waals surface area (Å²) in [6.07, 6.45) is 2.97. The Labute approximate surface area is 100 Å². The summed E-state index contributed by atoms with van der Waals surface area (Å²) in [6, 6.07) is 3.21. The van der Waals surface area contributed by atoms with Gasteiger partial charge in [0.1, 0.15) is 0 Å². The molecule has 0 aromatic carbocycles. The van der Waals surface area contributed by atoms with Crippen LogP contribution in [0.15, 0.2) is 24.5 Å². The Balaban J connectivity index is 2.86. The molecule has 0 spiro atoms. The van der Waals surface area contributed by atoms with Gasteiger partial charge in [0.25, 0.3) is 5.91 Å². The van der Waals surface area contributed by atoms with E-state index >= 15 is 0 Å². The molecule has 0 unspecified atom stereocenters. The van der Waals surface area contributed by atoms with Gasteiger partial charge in [-0.15, -0.1) is 0 Å². The maximum absolute atomic E-state index is 12.1. The van der Waals surface area contributed by atoms with E-state index in [1.165, 1.54) is 17.3 Å². The molecule has 0 saturated heterocycles. The fourth-order valence-electron chi connectivity index (χ4n) is 1.45. The maximum Gasteiger partial charge on any atom is 0.305 e. The Morgan fingerprint density at radius 2 is 1.88 bits per heavy atom. The number of amides is 1. The van der Waals surface area contributed by atoms with Gasteiger partial charge >= 0.3 is 5.97 Å². The summed E-state index contributed by atoms with van der Waals surface area (Å²) in [5.74, 6) is -1.14. The van der Waals surface area contributed by atoms with E-state index in [0.29, 0.717) is 5.56 Å². The predicted octanol–water partition coefficient (Wildman–Crippen LogP) is 1.41. The molecule has 1 N–H and O–H groups in total. The number of rotatable bonds is 4. The average molecular weight is 236 g/mol. The number of hydrogen-bond donors (Lipinski definition) is 1. The third kappa shape index (κ3) is 3.27. The number of nitrogens with zero attached hydrogens (tertiary/aromatic N) is 2. The standard InChI is InChI=1S/C12H16N2O3/c1-12(2,8-10(15)16)14(3)11(17)9-4-6-13-7-5-9/h4-7H,8H2,1-3H3,(H,15,16). The number of pyridine rings is 1. The molecule has 5 nitrogen and oxygen atoms in total. The van der Waals surface area contributed by atoms with E-state index in [4.69, 9.17) is 5.11 Å². The molecule has 0 saturated carbocycles. The molecule has 1 aromatic rings. The maximum atomic E-state index is 12.1. The minimum Gasteiger partial charge on any atom is -0.481 e. The lowest BCUT2D eigenvalue weighted by Gasteiger charge is -2.34. The van der Waals surface area contributed by atoms with E-state index in [1.54, 1.807) is 33.0 Å². The molecule has 1 heterocycles. The number of aromatic nitrogens is 1. The number of hydrogen-bond acceptors (Lipinski definition) is 3. The Hall–Kier alpha value is -1.91. The second kappa shape index (κ2) is 4.95. The Bertz CT molecular complexity index is 415. The van der Waals surface area contributed by atoms with Gasteiger partial charge in [-0.2, -0.15) is 0 Å². The van der Waals surface area contributed by atoms with Crippen LogP contribution in [0, 0.1) is 0 Å². The van der Waals surface area contributed by atoms with Crippen LogP contribution in [-0.4, -0.2) is 39.5 Å². The van der Waals surface area contributed by atoms with Crippen molar-refractivity contribution in [2.24, 2.45) is 0 Å². The van der Waals surface area contributed by atoms with Crippen molar-refractivity contribution in [1.82, 2.24) is 9.88 Å². The van der Waals surface area contributed by atoms with Crippen LogP contribution in [0.5, 0.6) is 0 Å². The van der Waals surface area contributed by atoms with Crippen molar-refractivity contribution in [3.05, 3.63) is 30.1 Å². The Kier molecular flexibility index (Phi) is 3.83. The van der Waals surface area contributed by atoms with Gasteiger partial charge in [-0.25, -0.2) is 0 Å². The zero-order valence-corrected chi connectivity index (χ0v) is 10.2. The lowest BCUT2D eigenvalue weighted by Crippen LogP contribution is -2.46. The monoisotopic (exact) mass is 236 g/mol. The third-order valence-electron chi connectivity index (χ3n) is 2.72. The number of carboxylic acids is 1. The SMILES string of the molecule is CN(C(=O)c1ccncc1)C(C)(C)CC(=O)O. The van der Waals surface area contributed by atoms with Crippen LogP contribution in [0.3, 0.4) is 0 Å². The highest BCUT2D eigenvalue weighted by molar-refractivity contribution is 5.94. The van der Waals surface area contributed by atoms with E-state index in [1.807, 2.05) is 0 Å². The van der Waals surface area contributed by atoms with Crippen molar-refractivity contribution in [1.29, 1.82) is 0 Å². The summed E-state index contributed by atoms with van der Waals surface area (Å²) in [5.41, 5.74) is -0.229. The first-order valence-corrected chi connectivity index (χ1v) is 5.24. The number of carbonyl (C=O) groups is 2. The van der Waals surface area contributed by atoms with Crippen LogP contribution < -0.4 is 0 Å². The van der Waals surface area contributed by atoms with E-state index in [9.17, 15) is 9.59 Å². The van der Waals surface area contributed by atoms with E-state index in [0.717, 1.165) is 0 Å². The van der Waals surface area contributed by atoms with Crippen molar-refractivity contribution >= 4 is 11.9 Å². The van der Waals surface area contributed by atoms with Crippen LogP contribution in [-0.2, 0) is 4.79 Å². The smallest absolute Gasteiger partial charge is 0.305 e. The van der Waals surface area contributed by atoms with Gasteiger partial charge in [0.15, 0.2) is 0 Å². The number of carboxylic acid groups (broad SMARTS) is 1. The second-order valence-electron chi connectivity index (χ2n) is 4.48. The Morgan fingerprint density at radius 3 is 2.35 bits per heavy atom. The molecular weight excluding hydrogens is 220 g/mol. The Morgan fingerprint density at radius 1 is 1.35 bits per heavy atom. The molecule has 0 bridgehead atoms. The molecule has 0 fully saturated rings. The highest BCUT2D eigenvalue weighted by atomic mass is 16.4. The molecule has 0 radical (unpaired) electrons. The molecule has 0 aliphatic rings. The van der Waals surface area contributed by atoms with Crippen LogP contribution in [0.1, 0.15) is 30.6 Å². The van der Waals surface area contributed by atoms with Gasteiger partial charge in [-0.05, 0) is 26.0 Å². The van der Waals surface area contributed by atoms with Crippen molar-refractivity contribution < 1.29 is 14.7 Å². The molecule has 0 aliphatic heterocycles. The molecular formula is C12H16N2O3. The van der Waals surface area contributed by atoms with Crippen LogP contribution >= 0.6 is 0 Å². The minimum absolute atomic E-state index is 0.0969. The lowest BCUT2D eigenvalue weighted by molar-refractivity contribution is -0.139.